The van der Waals surface area contributed by atoms with Gasteiger partial charge in [-0.3, -0.25) is 4.90 Å². The number of hydrogen-bond acceptors (Lipinski definition) is 5. The maximum absolute atomic E-state index is 12.6. The number of aromatic nitrogens is 1. The van der Waals surface area contributed by atoms with E-state index in [-0.39, 0.29) is 6.03 Å². The number of para-hydroxylation sites is 2. The van der Waals surface area contributed by atoms with E-state index in [1.807, 2.05) is 42.2 Å². The van der Waals surface area contributed by atoms with E-state index in [0.717, 1.165) is 38.3 Å². The van der Waals surface area contributed by atoms with Crippen molar-refractivity contribution in [3.63, 3.8) is 0 Å². The summed E-state index contributed by atoms with van der Waals surface area (Å²) in [7, 11) is 0. The Hall–Kier alpha value is -3.58. The number of nitrogens with zero attached hydrogens (tertiary/aromatic N) is 3. The van der Waals surface area contributed by atoms with Crippen LogP contribution in [0.3, 0.4) is 0 Å². The molecule has 0 bridgehead atoms. The molecule has 4 rings (SSSR count). The fourth-order valence-corrected chi connectivity index (χ4v) is 3.97. The van der Waals surface area contributed by atoms with Gasteiger partial charge in [0.2, 0.25) is 5.88 Å². The van der Waals surface area contributed by atoms with Crippen molar-refractivity contribution in [1.29, 1.82) is 0 Å². The summed E-state index contributed by atoms with van der Waals surface area (Å²) in [6.45, 7) is 9.15. The van der Waals surface area contributed by atoms with Gasteiger partial charge >= 0.3 is 6.03 Å². The van der Waals surface area contributed by atoms with Gasteiger partial charge in [-0.25, -0.2) is 9.78 Å². The third-order valence-electron chi connectivity index (χ3n) is 5.75. The molecular weight excluding hydrogens is 428 g/mol. The summed E-state index contributed by atoms with van der Waals surface area (Å²) in [5, 5.41) is 3.00. The first-order chi connectivity index (χ1) is 16.6. The lowest BCUT2D eigenvalue weighted by Gasteiger charge is -2.34. The van der Waals surface area contributed by atoms with E-state index in [2.05, 4.69) is 46.4 Å². The van der Waals surface area contributed by atoms with E-state index < -0.39 is 0 Å². The Labute approximate surface area is 201 Å². The Bertz CT molecular complexity index is 1080. The van der Waals surface area contributed by atoms with Gasteiger partial charge in [-0.15, -0.1) is 0 Å². The standard InChI is InChI=1S/C27H32N4O3/c1-3-33-24-9-4-5-10-25(24)34-26-12-11-23(18-28-26)19-29-27(32)31-15-13-30(14-16-31)20-22-8-6-7-21(2)17-22/h4-12,17-18H,3,13-16,19-20H2,1-2H3,(H,29,32). The average Bonchev–Trinajstić information content (AvgIpc) is 2.85. The second-order valence-corrected chi connectivity index (χ2v) is 8.40. The maximum Gasteiger partial charge on any atom is 0.317 e. The van der Waals surface area contributed by atoms with Crippen molar-refractivity contribution in [2.75, 3.05) is 32.8 Å². The Morgan fingerprint density at radius 3 is 2.47 bits per heavy atom. The number of benzene rings is 2. The monoisotopic (exact) mass is 460 g/mol. The zero-order chi connectivity index (χ0) is 23.8. The molecule has 2 aromatic carbocycles. The lowest BCUT2D eigenvalue weighted by atomic mass is 10.1. The number of aryl methyl sites for hydroxylation is 1. The van der Waals surface area contributed by atoms with E-state index >= 15 is 0 Å². The number of urea groups is 1. The molecule has 34 heavy (non-hydrogen) atoms. The lowest BCUT2D eigenvalue weighted by molar-refractivity contribution is 0.135. The summed E-state index contributed by atoms with van der Waals surface area (Å²) in [4.78, 5) is 21.3. The first-order valence-corrected chi connectivity index (χ1v) is 11.8. The molecule has 7 nitrogen and oxygen atoms in total. The molecule has 0 aliphatic carbocycles. The third-order valence-corrected chi connectivity index (χ3v) is 5.75. The largest absolute Gasteiger partial charge is 0.490 e. The Morgan fingerprint density at radius 2 is 1.76 bits per heavy atom. The first kappa shape index (κ1) is 23.6. The number of amides is 2. The Balaban J connectivity index is 1.22. The molecule has 2 amide bonds. The second-order valence-electron chi connectivity index (χ2n) is 8.40. The van der Waals surface area contributed by atoms with Crippen LogP contribution in [0.1, 0.15) is 23.6 Å². The average molecular weight is 461 g/mol. The van der Waals surface area contributed by atoms with Crippen molar-refractivity contribution >= 4 is 6.03 Å². The van der Waals surface area contributed by atoms with Crippen molar-refractivity contribution in [1.82, 2.24) is 20.1 Å². The molecule has 1 saturated heterocycles. The van der Waals surface area contributed by atoms with Crippen molar-refractivity contribution in [2.24, 2.45) is 0 Å². The maximum atomic E-state index is 12.6. The van der Waals surface area contributed by atoms with Gasteiger partial charge in [-0.05, 0) is 37.1 Å². The highest BCUT2D eigenvalue weighted by molar-refractivity contribution is 5.74. The molecule has 0 atom stereocenters. The highest BCUT2D eigenvalue weighted by atomic mass is 16.5. The fourth-order valence-electron chi connectivity index (χ4n) is 3.97. The number of hydrogen-bond donors (Lipinski definition) is 1. The molecule has 7 heteroatoms. The number of carbonyl (C=O) groups is 1. The van der Waals surface area contributed by atoms with Crippen LogP contribution in [0, 0.1) is 6.92 Å². The predicted octanol–water partition coefficient (Wildman–Crippen LogP) is 4.61. The van der Waals surface area contributed by atoms with Gasteiger partial charge in [0.1, 0.15) is 0 Å². The SMILES string of the molecule is CCOc1ccccc1Oc1ccc(CNC(=O)N2CCN(Cc3cccc(C)c3)CC2)cn1. The molecule has 0 radical (unpaired) electrons. The number of ether oxygens (including phenoxy) is 2. The van der Waals surface area contributed by atoms with Crippen LogP contribution >= 0.6 is 0 Å². The van der Waals surface area contributed by atoms with Crippen LogP contribution in [-0.4, -0.2) is 53.6 Å². The highest BCUT2D eigenvalue weighted by Crippen LogP contribution is 2.30. The Kier molecular flexibility index (Phi) is 7.99. The summed E-state index contributed by atoms with van der Waals surface area (Å²) >= 11 is 0. The molecular formula is C27H32N4O3. The molecule has 0 saturated carbocycles. The molecule has 1 fully saturated rings. The summed E-state index contributed by atoms with van der Waals surface area (Å²) in [5.74, 6) is 1.79. The number of carbonyl (C=O) groups excluding carboxylic acids is 1. The molecule has 1 aliphatic heterocycles. The fraction of sp³-hybridized carbons (Fsp3) is 0.333. The van der Waals surface area contributed by atoms with Crippen LogP contribution in [0.25, 0.3) is 0 Å². The van der Waals surface area contributed by atoms with Gasteiger partial charge in [-0.2, -0.15) is 0 Å². The lowest BCUT2D eigenvalue weighted by Crippen LogP contribution is -2.51. The van der Waals surface area contributed by atoms with Crippen LogP contribution in [0.5, 0.6) is 17.4 Å². The summed E-state index contributed by atoms with van der Waals surface area (Å²) in [5.41, 5.74) is 3.51. The quantitative estimate of drug-likeness (QED) is 0.532. The number of piperazine rings is 1. The van der Waals surface area contributed by atoms with Gasteiger partial charge in [0.25, 0.3) is 0 Å². The summed E-state index contributed by atoms with van der Waals surface area (Å²) < 4.78 is 11.4. The van der Waals surface area contributed by atoms with Crippen molar-refractivity contribution in [3.05, 3.63) is 83.6 Å². The topological polar surface area (TPSA) is 66.9 Å². The van der Waals surface area contributed by atoms with E-state index in [9.17, 15) is 4.79 Å². The number of pyridine rings is 1. The van der Waals surface area contributed by atoms with Gasteiger partial charge in [0, 0.05) is 51.5 Å². The smallest absolute Gasteiger partial charge is 0.317 e. The summed E-state index contributed by atoms with van der Waals surface area (Å²) in [6, 6.07) is 19.8. The van der Waals surface area contributed by atoms with Crippen molar-refractivity contribution in [3.8, 4) is 17.4 Å². The summed E-state index contributed by atoms with van der Waals surface area (Å²) in [6.07, 6.45) is 1.72. The zero-order valence-electron chi connectivity index (χ0n) is 19.9. The zero-order valence-corrected chi connectivity index (χ0v) is 19.9. The molecule has 1 aliphatic rings. The van der Waals surface area contributed by atoms with Crippen LogP contribution < -0.4 is 14.8 Å². The van der Waals surface area contributed by atoms with E-state index in [1.54, 1.807) is 12.3 Å². The van der Waals surface area contributed by atoms with Crippen molar-refractivity contribution in [2.45, 2.75) is 26.9 Å². The number of rotatable bonds is 8. The van der Waals surface area contributed by atoms with Crippen LogP contribution in [0.4, 0.5) is 4.79 Å². The molecule has 0 spiro atoms. The van der Waals surface area contributed by atoms with E-state index in [1.165, 1.54) is 11.1 Å². The van der Waals surface area contributed by atoms with Crippen LogP contribution in [-0.2, 0) is 13.1 Å². The second kappa shape index (κ2) is 11.5. The van der Waals surface area contributed by atoms with Crippen LogP contribution in [0.2, 0.25) is 0 Å². The Morgan fingerprint density at radius 1 is 0.971 bits per heavy atom. The van der Waals surface area contributed by atoms with E-state index in [4.69, 9.17) is 9.47 Å². The molecule has 2 heterocycles. The van der Waals surface area contributed by atoms with Crippen molar-refractivity contribution < 1.29 is 14.3 Å². The molecule has 1 N–H and O–H groups in total. The highest BCUT2D eigenvalue weighted by Gasteiger charge is 2.21. The van der Waals surface area contributed by atoms with Crippen LogP contribution in [0.15, 0.2) is 66.9 Å². The van der Waals surface area contributed by atoms with Gasteiger partial charge in [0.05, 0.1) is 6.61 Å². The molecule has 1 aromatic heterocycles. The van der Waals surface area contributed by atoms with E-state index in [0.29, 0.717) is 30.5 Å². The minimum Gasteiger partial charge on any atom is -0.490 e. The van der Waals surface area contributed by atoms with Gasteiger partial charge in [-0.1, -0.05) is 48.0 Å². The molecule has 178 valence electrons. The normalized spacial score (nSPS) is 14.0. The molecule has 3 aromatic rings. The van der Waals surface area contributed by atoms with Gasteiger partial charge in [0.15, 0.2) is 11.5 Å². The van der Waals surface area contributed by atoms with Gasteiger partial charge < -0.3 is 19.7 Å². The number of nitrogens with one attached hydrogen (secondary N) is 1. The predicted molar refractivity (Wildman–Crippen MR) is 132 cm³/mol. The minimum atomic E-state index is -0.0406. The minimum absolute atomic E-state index is 0.0406. The third kappa shape index (κ3) is 6.48. The first-order valence-electron chi connectivity index (χ1n) is 11.8. The molecule has 0 unspecified atom stereocenters.